The first-order valence-corrected chi connectivity index (χ1v) is 9.88. The fraction of sp³-hybridized carbons (Fsp3) is 0.471. The van der Waals surface area contributed by atoms with E-state index in [-0.39, 0.29) is 29.9 Å². The number of rotatable bonds is 4. The van der Waals surface area contributed by atoms with E-state index >= 15 is 0 Å². The first-order chi connectivity index (χ1) is 12.7. The molecule has 1 fully saturated rings. The topological polar surface area (TPSA) is 101 Å². The van der Waals surface area contributed by atoms with Crippen LogP contribution in [0.2, 0.25) is 4.34 Å². The van der Waals surface area contributed by atoms with Crippen LogP contribution in [0.25, 0.3) is 15.7 Å². The number of hydrogen-bond donors (Lipinski definition) is 3. The van der Waals surface area contributed by atoms with Crippen molar-refractivity contribution in [2.45, 2.75) is 38.5 Å². The zero-order valence-corrected chi connectivity index (χ0v) is 16.5. The lowest BCUT2D eigenvalue weighted by Crippen LogP contribution is -2.41. The molecule has 0 spiro atoms. The van der Waals surface area contributed by atoms with Crippen LogP contribution in [0, 0.1) is 0 Å². The highest BCUT2D eigenvalue weighted by Crippen LogP contribution is 2.33. The molecule has 3 aromatic heterocycles. The van der Waals surface area contributed by atoms with Gasteiger partial charge in [0.2, 0.25) is 5.91 Å². The minimum atomic E-state index is -1.32. The van der Waals surface area contributed by atoms with E-state index in [4.69, 9.17) is 11.6 Å². The van der Waals surface area contributed by atoms with E-state index < -0.39 is 5.60 Å². The number of aliphatic hydroxyl groups is 1. The molecule has 27 heavy (non-hydrogen) atoms. The molecule has 8 nitrogen and oxygen atoms in total. The van der Waals surface area contributed by atoms with Crippen molar-refractivity contribution in [2.75, 3.05) is 13.1 Å². The normalized spacial score (nSPS) is 17.9. The fourth-order valence-electron chi connectivity index (χ4n) is 3.37. The maximum atomic E-state index is 12.9. The molecule has 0 unspecified atom stereocenters. The number of nitrogens with zero attached hydrogens (tertiary/aromatic N) is 3. The monoisotopic (exact) mass is 409 g/mol. The summed E-state index contributed by atoms with van der Waals surface area (Å²) in [6.45, 7) is 4.56. The molecule has 144 valence electrons. The molecule has 1 atom stereocenters. The molecular weight excluding hydrogens is 390 g/mol. The van der Waals surface area contributed by atoms with Gasteiger partial charge in [-0.25, -0.2) is 4.68 Å². The summed E-state index contributed by atoms with van der Waals surface area (Å²) in [5.74, 6) is -0.00217. The zero-order valence-electron chi connectivity index (χ0n) is 15.0. The van der Waals surface area contributed by atoms with Crippen LogP contribution in [0.15, 0.2) is 16.9 Å². The van der Waals surface area contributed by atoms with Gasteiger partial charge in [0.25, 0.3) is 5.56 Å². The van der Waals surface area contributed by atoms with Crippen molar-refractivity contribution in [3.8, 4) is 0 Å². The molecule has 0 radical (unpaired) electrons. The van der Waals surface area contributed by atoms with Crippen LogP contribution < -0.4 is 16.2 Å². The SMILES string of the molecule is CC(C)(O)c1nn(CC(=O)N[C@H]2CCNC2)c(=O)c2cc3sc(Cl)cc3n12. The molecular formula is C17H20ClN5O3S. The predicted octanol–water partition coefficient (Wildman–Crippen LogP) is 1.07. The second kappa shape index (κ2) is 6.59. The summed E-state index contributed by atoms with van der Waals surface area (Å²) in [5, 5.41) is 21.0. The number of thiophene rings is 1. The van der Waals surface area contributed by atoms with Gasteiger partial charge in [0.1, 0.15) is 17.7 Å². The van der Waals surface area contributed by atoms with Crippen LogP contribution in [0.5, 0.6) is 0 Å². The molecule has 1 aliphatic heterocycles. The molecule has 0 aliphatic carbocycles. The summed E-state index contributed by atoms with van der Waals surface area (Å²) < 4.78 is 4.15. The summed E-state index contributed by atoms with van der Waals surface area (Å²) >= 11 is 7.44. The minimum absolute atomic E-state index is 0.0615. The highest BCUT2D eigenvalue weighted by molar-refractivity contribution is 7.22. The van der Waals surface area contributed by atoms with E-state index in [0.29, 0.717) is 9.85 Å². The Morgan fingerprint density at radius 3 is 2.93 bits per heavy atom. The smallest absolute Gasteiger partial charge is 0.291 e. The summed E-state index contributed by atoms with van der Waals surface area (Å²) in [6, 6.07) is 3.53. The first-order valence-electron chi connectivity index (χ1n) is 8.68. The van der Waals surface area contributed by atoms with Crippen LogP contribution in [0.1, 0.15) is 26.1 Å². The Labute approximate surface area is 163 Å². The summed E-state index contributed by atoms with van der Waals surface area (Å²) in [6.07, 6.45) is 0.859. The molecule has 4 rings (SSSR count). The van der Waals surface area contributed by atoms with E-state index in [9.17, 15) is 14.7 Å². The highest BCUT2D eigenvalue weighted by atomic mass is 35.5. The Hall–Kier alpha value is -1.94. The zero-order chi connectivity index (χ0) is 19.3. The Bertz CT molecular complexity index is 1090. The van der Waals surface area contributed by atoms with Crippen LogP contribution in [-0.2, 0) is 16.9 Å². The Morgan fingerprint density at radius 1 is 1.48 bits per heavy atom. The molecule has 3 N–H and O–H groups in total. The summed E-state index contributed by atoms with van der Waals surface area (Å²) in [5.41, 5.74) is -0.632. The Balaban J connectivity index is 1.80. The van der Waals surface area contributed by atoms with Crippen LogP contribution >= 0.6 is 22.9 Å². The first kappa shape index (κ1) is 18.4. The van der Waals surface area contributed by atoms with E-state index in [1.165, 1.54) is 11.3 Å². The second-order valence-electron chi connectivity index (χ2n) is 7.27. The lowest BCUT2D eigenvalue weighted by molar-refractivity contribution is -0.122. The molecule has 1 amide bonds. The largest absolute Gasteiger partial charge is 0.382 e. The molecule has 3 aromatic rings. The van der Waals surface area contributed by atoms with Gasteiger partial charge in [-0.05, 0) is 38.9 Å². The van der Waals surface area contributed by atoms with Gasteiger partial charge < -0.3 is 15.7 Å². The van der Waals surface area contributed by atoms with Gasteiger partial charge in [0.05, 0.1) is 14.6 Å². The lowest BCUT2D eigenvalue weighted by Gasteiger charge is -2.20. The number of carbonyl (C=O) groups is 1. The van der Waals surface area contributed by atoms with Gasteiger partial charge in [-0.3, -0.25) is 14.0 Å². The van der Waals surface area contributed by atoms with Gasteiger partial charge >= 0.3 is 0 Å². The van der Waals surface area contributed by atoms with Crippen LogP contribution in [-0.4, -0.2) is 44.3 Å². The van der Waals surface area contributed by atoms with Crippen molar-refractivity contribution in [3.63, 3.8) is 0 Å². The maximum absolute atomic E-state index is 12.9. The third-order valence-electron chi connectivity index (χ3n) is 4.61. The van der Waals surface area contributed by atoms with Gasteiger partial charge in [-0.1, -0.05) is 11.6 Å². The van der Waals surface area contributed by atoms with Crippen molar-refractivity contribution in [1.29, 1.82) is 0 Å². The molecule has 0 aromatic carbocycles. The number of amides is 1. The van der Waals surface area contributed by atoms with Gasteiger partial charge in [-0.2, -0.15) is 5.10 Å². The number of hydrogen-bond acceptors (Lipinski definition) is 6. The van der Waals surface area contributed by atoms with E-state index in [0.717, 1.165) is 34.4 Å². The van der Waals surface area contributed by atoms with Crippen molar-refractivity contribution in [1.82, 2.24) is 24.8 Å². The minimum Gasteiger partial charge on any atom is -0.382 e. The van der Waals surface area contributed by atoms with Crippen molar-refractivity contribution >= 4 is 44.6 Å². The quantitative estimate of drug-likeness (QED) is 0.598. The maximum Gasteiger partial charge on any atom is 0.291 e. The summed E-state index contributed by atoms with van der Waals surface area (Å²) in [7, 11) is 0. The van der Waals surface area contributed by atoms with Crippen LogP contribution in [0.3, 0.4) is 0 Å². The number of fused-ring (bicyclic) bond motifs is 3. The molecule has 1 aliphatic rings. The standard InChI is InChI=1S/C17H20ClN5O3S/c1-17(2,26)16-21-22(8-14(24)20-9-3-4-19-7-9)15(25)11-5-12-10(23(11)16)6-13(18)27-12/h5-6,9,19,26H,3-4,7-8H2,1-2H3,(H,20,24)/t9-/m0/s1. The average Bonchev–Trinajstić information content (AvgIpc) is 3.25. The van der Waals surface area contributed by atoms with Crippen molar-refractivity contribution in [3.05, 3.63) is 32.6 Å². The third-order valence-corrected chi connectivity index (χ3v) is 5.81. The third kappa shape index (κ3) is 3.36. The van der Waals surface area contributed by atoms with E-state index in [2.05, 4.69) is 15.7 Å². The average molecular weight is 410 g/mol. The second-order valence-corrected chi connectivity index (χ2v) is 8.98. The highest BCUT2D eigenvalue weighted by Gasteiger charge is 2.27. The molecule has 0 bridgehead atoms. The van der Waals surface area contributed by atoms with Gasteiger partial charge in [0, 0.05) is 12.6 Å². The number of aromatic nitrogens is 3. The molecule has 4 heterocycles. The predicted molar refractivity (Wildman–Crippen MR) is 105 cm³/mol. The van der Waals surface area contributed by atoms with Gasteiger partial charge in [0.15, 0.2) is 5.82 Å². The van der Waals surface area contributed by atoms with E-state index in [1.54, 1.807) is 30.4 Å². The number of halogens is 1. The molecule has 0 saturated carbocycles. The Morgan fingerprint density at radius 2 is 2.26 bits per heavy atom. The van der Waals surface area contributed by atoms with Crippen molar-refractivity contribution in [2.24, 2.45) is 0 Å². The fourth-order valence-corrected chi connectivity index (χ4v) is 4.53. The van der Waals surface area contributed by atoms with Crippen molar-refractivity contribution < 1.29 is 9.90 Å². The Kier molecular flexibility index (Phi) is 4.50. The lowest BCUT2D eigenvalue weighted by atomic mass is 10.1. The van der Waals surface area contributed by atoms with E-state index in [1.807, 2.05) is 0 Å². The van der Waals surface area contributed by atoms with Crippen LogP contribution in [0.4, 0.5) is 0 Å². The van der Waals surface area contributed by atoms with Gasteiger partial charge in [-0.15, -0.1) is 11.3 Å². The molecule has 1 saturated heterocycles. The summed E-state index contributed by atoms with van der Waals surface area (Å²) in [4.78, 5) is 25.3. The molecule has 10 heteroatoms. The number of carbonyl (C=O) groups excluding carboxylic acids is 1. The number of nitrogens with one attached hydrogen (secondary N) is 2.